The summed E-state index contributed by atoms with van der Waals surface area (Å²) in [4.78, 5) is 30.0. The molecule has 0 radical (unpaired) electrons. The second-order valence-electron chi connectivity index (χ2n) is 12.9. The molecule has 0 saturated carbocycles. The molecule has 0 atom stereocenters. The minimum Gasteiger partial charge on any atom is -0.461 e. The molecule has 6 aromatic rings. The van der Waals surface area contributed by atoms with E-state index in [1.807, 2.05) is 0 Å². The number of benzene rings is 2. The van der Waals surface area contributed by atoms with Crippen LogP contribution < -0.4 is 0 Å². The molecule has 58 heavy (non-hydrogen) atoms. The molecule has 0 bridgehead atoms. The van der Waals surface area contributed by atoms with Gasteiger partial charge in [-0.3, -0.25) is 4.79 Å². The maximum atomic E-state index is 15.5. The topological polar surface area (TPSA) is 117 Å². The Hall–Kier alpha value is -4.82. The van der Waals surface area contributed by atoms with E-state index in [1.165, 1.54) is 71.4 Å². The first-order valence-corrected chi connectivity index (χ1v) is 19.8. The lowest BCUT2D eigenvalue weighted by atomic mass is 9.97. The Balaban J connectivity index is 1.36. The first kappa shape index (κ1) is 41.3. The largest absolute Gasteiger partial charge is 0.461 e. The Morgan fingerprint density at radius 1 is 0.759 bits per heavy atom. The van der Waals surface area contributed by atoms with Crippen LogP contribution in [-0.2, 0) is 41.3 Å². The van der Waals surface area contributed by atoms with Gasteiger partial charge < -0.3 is 23.5 Å². The summed E-state index contributed by atoms with van der Waals surface area (Å²) in [6.45, 7) is 0.0487. The fourth-order valence-electron chi connectivity index (χ4n) is 7.03. The fraction of sp³-hybridized carbons (Fsp3) is 0.297. The van der Waals surface area contributed by atoms with Gasteiger partial charge in [-0.2, -0.15) is 26.3 Å². The first-order valence-electron chi connectivity index (χ1n) is 17.3. The molecule has 5 heterocycles. The van der Waals surface area contributed by atoms with Crippen LogP contribution in [0.2, 0.25) is 10.0 Å². The molecule has 0 spiro atoms. The molecule has 304 valence electrons. The maximum absolute atomic E-state index is 15.5. The molecule has 2 aromatic carbocycles. The van der Waals surface area contributed by atoms with Crippen molar-refractivity contribution < 1.29 is 45.4 Å². The predicted octanol–water partition coefficient (Wildman–Crippen LogP) is 8.95. The quantitative estimate of drug-likeness (QED) is 0.0936. The van der Waals surface area contributed by atoms with Crippen LogP contribution in [0.1, 0.15) is 53.5 Å². The number of aromatic nitrogens is 6. The zero-order chi connectivity index (χ0) is 41.4. The number of alkyl halides is 6. The number of hydrogen-bond acceptors (Lipinski definition) is 10. The highest BCUT2D eigenvalue weighted by Gasteiger charge is 2.44. The monoisotopic (exact) mass is 883 g/mol. The summed E-state index contributed by atoms with van der Waals surface area (Å²) in [6, 6.07) is 11.6. The van der Waals surface area contributed by atoms with Gasteiger partial charge in [0.05, 0.1) is 32.9 Å². The number of amides is 1. The van der Waals surface area contributed by atoms with Crippen LogP contribution in [0.4, 0.5) is 26.3 Å². The number of halogens is 8. The van der Waals surface area contributed by atoms with Crippen molar-refractivity contribution in [3.8, 4) is 22.3 Å². The minimum absolute atomic E-state index is 0.0854. The molecule has 1 aliphatic rings. The van der Waals surface area contributed by atoms with Gasteiger partial charge in [0.25, 0.3) is 5.91 Å². The van der Waals surface area contributed by atoms with E-state index in [0.29, 0.717) is 0 Å². The summed E-state index contributed by atoms with van der Waals surface area (Å²) in [6.07, 6.45) is -10.6. The number of morpholine rings is 1. The molecule has 1 saturated heterocycles. The van der Waals surface area contributed by atoms with Gasteiger partial charge in [0.2, 0.25) is 0 Å². The van der Waals surface area contributed by atoms with Gasteiger partial charge in [-0.25, -0.2) is 4.79 Å². The third-order valence-electron chi connectivity index (χ3n) is 9.35. The third kappa shape index (κ3) is 8.49. The summed E-state index contributed by atoms with van der Waals surface area (Å²) >= 11 is 14.2. The van der Waals surface area contributed by atoms with Crippen molar-refractivity contribution in [1.82, 2.24) is 34.4 Å². The van der Waals surface area contributed by atoms with Gasteiger partial charge in [-0.05, 0) is 53.4 Å². The molecule has 0 aliphatic carbocycles. The zero-order valence-corrected chi connectivity index (χ0v) is 33.2. The lowest BCUT2D eigenvalue weighted by Crippen LogP contribution is -2.41. The number of hydrogen-bond donors (Lipinski definition) is 0. The summed E-state index contributed by atoms with van der Waals surface area (Å²) in [7, 11) is 0. The average molecular weight is 885 g/mol. The fourth-order valence-corrected chi connectivity index (χ4v) is 8.31. The van der Waals surface area contributed by atoms with E-state index in [1.54, 1.807) is 0 Å². The van der Waals surface area contributed by atoms with E-state index in [0.717, 1.165) is 31.8 Å². The zero-order valence-electron chi connectivity index (χ0n) is 30.0. The second kappa shape index (κ2) is 16.8. The van der Waals surface area contributed by atoms with Crippen molar-refractivity contribution in [2.45, 2.75) is 38.8 Å². The highest BCUT2D eigenvalue weighted by molar-refractivity contribution is 7.09. The SMILES string of the molecule is Cc1c(-c2ccc(Cl)cc2)c(C(=O)OCCc2c(-c3ccc(Cl)cc3)c(C(=O)N3CCOCC3)n(Cc3nncs3)c2C(F)(F)F)n(Cc2nncs2)c1C(F)(F)F. The standard InChI is InChI=1S/C37H29Cl2F6N7O4S2/c1-20-28(21-2-6-23(38)7-3-21)31(52(32(20)36(40,41)42)17-27-49-47-19-58-27)35(54)56-13-10-25-29(22-4-8-24(39)9-5-22)30(34(53)50-11-14-55-15-12-50)51(33(25)37(43,44)45)16-26-48-46-18-57-26/h2-9,18-19H,10-17H2,1H3. The molecular weight excluding hydrogens is 855 g/mol. The molecule has 0 unspecified atom stereocenters. The second-order valence-corrected chi connectivity index (χ2v) is 15.6. The van der Waals surface area contributed by atoms with Crippen LogP contribution in [0.25, 0.3) is 22.3 Å². The first-order chi connectivity index (χ1) is 27.6. The van der Waals surface area contributed by atoms with E-state index in [-0.39, 0.29) is 79.9 Å². The Morgan fingerprint density at radius 2 is 1.26 bits per heavy atom. The molecule has 1 amide bonds. The highest BCUT2D eigenvalue weighted by Crippen LogP contribution is 2.44. The van der Waals surface area contributed by atoms with Crippen molar-refractivity contribution >= 4 is 57.8 Å². The van der Waals surface area contributed by atoms with Crippen molar-refractivity contribution in [2.75, 3.05) is 32.9 Å². The van der Waals surface area contributed by atoms with Crippen molar-refractivity contribution in [1.29, 1.82) is 0 Å². The van der Waals surface area contributed by atoms with Gasteiger partial charge >= 0.3 is 18.3 Å². The van der Waals surface area contributed by atoms with E-state index >= 15 is 13.2 Å². The van der Waals surface area contributed by atoms with Crippen LogP contribution in [0.3, 0.4) is 0 Å². The molecular formula is C37H29Cl2F6N7O4S2. The van der Waals surface area contributed by atoms with Crippen LogP contribution >= 0.6 is 45.9 Å². The van der Waals surface area contributed by atoms with E-state index in [9.17, 15) is 22.8 Å². The van der Waals surface area contributed by atoms with Crippen LogP contribution in [-0.4, -0.2) is 79.2 Å². The normalized spacial score (nSPS) is 13.6. The molecule has 7 rings (SSSR count). The molecule has 11 nitrogen and oxygen atoms in total. The summed E-state index contributed by atoms with van der Waals surface area (Å²) in [5, 5.41) is 16.2. The van der Waals surface area contributed by atoms with E-state index in [2.05, 4.69) is 20.4 Å². The van der Waals surface area contributed by atoms with Crippen molar-refractivity contribution in [3.63, 3.8) is 0 Å². The van der Waals surface area contributed by atoms with Crippen molar-refractivity contribution in [2.24, 2.45) is 0 Å². The Bertz CT molecular complexity index is 2410. The highest BCUT2D eigenvalue weighted by atomic mass is 35.5. The maximum Gasteiger partial charge on any atom is 0.431 e. The third-order valence-corrected chi connectivity index (χ3v) is 11.2. The molecule has 1 fully saturated rings. The van der Waals surface area contributed by atoms with Crippen LogP contribution in [0.5, 0.6) is 0 Å². The predicted molar refractivity (Wildman–Crippen MR) is 203 cm³/mol. The van der Waals surface area contributed by atoms with Gasteiger partial charge in [0.15, 0.2) is 0 Å². The Labute approximate surface area is 343 Å². The lowest BCUT2D eigenvalue weighted by Gasteiger charge is -2.28. The molecule has 21 heteroatoms. The molecule has 1 aliphatic heterocycles. The van der Waals surface area contributed by atoms with Gasteiger partial charge in [-0.1, -0.05) is 47.5 Å². The smallest absolute Gasteiger partial charge is 0.431 e. The number of rotatable bonds is 11. The number of esters is 1. The van der Waals surface area contributed by atoms with E-state index in [4.69, 9.17) is 32.7 Å². The summed E-state index contributed by atoms with van der Waals surface area (Å²) in [5.74, 6) is -1.95. The summed E-state index contributed by atoms with van der Waals surface area (Å²) in [5.41, 5.74) is -0.942. The minimum atomic E-state index is -5.06. The van der Waals surface area contributed by atoms with E-state index < -0.39 is 73.0 Å². The Kier molecular flexibility index (Phi) is 12.0. The van der Waals surface area contributed by atoms with Gasteiger partial charge in [0, 0.05) is 40.7 Å². The lowest BCUT2D eigenvalue weighted by molar-refractivity contribution is -0.144. The van der Waals surface area contributed by atoms with Gasteiger partial charge in [-0.15, -0.1) is 43.1 Å². The Morgan fingerprint density at radius 3 is 1.74 bits per heavy atom. The van der Waals surface area contributed by atoms with Gasteiger partial charge in [0.1, 0.15) is 43.8 Å². The number of ether oxygens (including phenoxy) is 2. The summed E-state index contributed by atoms with van der Waals surface area (Å²) < 4.78 is 104. The number of carbonyl (C=O) groups is 2. The van der Waals surface area contributed by atoms with Crippen molar-refractivity contribution in [3.05, 3.63) is 114 Å². The number of nitrogens with zero attached hydrogens (tertiary/aromatic N) is 7. The molecule has 4 aromatic heterocycles. The average Bonchev–Trinajstić information content (AvgIpc) is 3.99. The number of carbonyl (C=O) groups excluding carboxylic acids is 2. The van der Waals surface area contributed by atoms with Crippen LogP contribution in [0.15, 0.2) is 59.6 Å². The molecule has 0 N–H and O–H groups in total. The van der Waals surface area contributed by atoms with Crippen LogP contribution in [0, 0.1) is 6.92 Å².